The highest BCUT2D eigenvalue weighted by molar-refractivity contribution is 6.13. The van der Waals surface area contributed by atoms with Crippen LogP contribution in [0.1, 0.15) is 58.1 Å². The molecule has 1 aliphatic rings. The number of aliphatic imine (C=N–C) groups is 2. The molecule has 1 aromatic heterocycles. The lowest BCUT2D eigenvalue weighted by molar-refractivity contribution is 0.291. The van der Waals surface area contributed by atoms with Crippen molar-refractivity contribution in [2.75, 3.05) is 20.2 Å². The van der Waals surface area contributed by atoms with Crippen LogP contribution in [0, 0.1) is 0 Å². The van der Waals surface area contributed by atoms with Crippen LogP contribution < -0.4 is 5.73 Å². The maximum atomic E-state index is 8.92. The van der Waals surface area contributed by atoms with E-state index in [0.29, 0.717) is 19.0 Å². The summed E-state index contributed by atoms with van der Waals surface area (Å²) in [6.07, 6.45) is 15.0. The highest BCUT2D eigenvalue weighted by Crippen LogP contribution is 2.25. The Morgan fingerprint density at radius 1 is 1.31 bits per heavy atom. The minimum atomic E-state index is 0.123. The van der Waals surface area contributed by atoms with Crippen molar-refractivity contribution in [1.29, 1.82) is 0 Å². The monoisotopic (exact) mass is 398 g/mol. The highest BCUT2D eigenvalue weighted by atomic mass is 16.3. The lowest BCUT2D eigenvalue weighted by atomic mass is 10.1. The van der Waals surface area contributed by atoms with Crippen LogP contribution in [0.3, 0.4) is 0 Å². The summed E-state index contributed by atoms with van der Waals surface area (Å²) in [5.74, 6) is 0. The number of hydrogen-bond donors (Lipinski definition) is 2. The van der Waals surface area contributed by atoms with Gasteiger partial charge in [-0.15, -0.1) is 0 Å². The van der Waals surface area contributed by atoms with E-state index >= 15 is 0 Å². The van der Waals surface area contributed by atoms with Crippen molar-refractivity contribution in [1.82, 2.24) is 14.7 Å². The summed E-state index contributed by atoms with van der Waals surface area (Å²) in [5.41, 5.74) is 10.3. The molecule has 2 heterocycles. The first-order chi connectivity index (χ1) is 14.1. The molecule has 0 aromatic carbocycles. The predicted molar refractivity (Wildman–Crippen MR) is 120 cm³/mol. The lowest BCUT2D eigenvalue weighted by Crippen LogP contribution is -2.24. The largest absolute Gasteiger partial charge is 0.404 e. The number of aliphatic hydroxyl groups is 1. The van der Waals surface area contributed by atoms with Gasteiger partial charge in [0.15, 0.2) is 0 Å². The Hall–Kier alpha value is -2.67. The number of hydrogen-bond acceptors (Lipinski definition) is 6. The Labute approximate surface area is 174 Å². The standard InChI is InChI=1S/C22H34N6O/c1-5-9-21-22(18-14-25-28(15-18)19(6-2)7-3)26-20(16-27(21)4)17(12-23)13-24-10-8-11-29/h9,12-16,19,29H,5-8,10-11,23H2,1-4H3/b17-12?,21-9-,24-13?. The fraction of sp³-hybridized carbons (Fsp3) is 0.500. The highest BCUT2D eigenvalue weighted by Gasteiger charge is 2.22. The molecule has 0 bridgehead atoms. The first-order valence-electron chi connectivity index (χ1n) is 10.4. The summed E-state index contributed by atoms with van der Waals surface area (Å²) in [6, 6.07) is 0.387. The molecule has 158 valence electrons. The first kappa shape index (κ1) is 22.6. The third-order valence-electron chi connectivity index (χ3n) is 4.91. The van der Waals surface area contributed by atoms with Gasteiger partial charge in [-0.2, -0.15) is 5.10 Å². The van der Waals surface area contributed by atoms with Gasteiger partial charge in [-0.25, -0.2) is 4.99 Å². The lowest BCUT2D eigenvalue weighted by Gasteiger charge is -2.25. The quantitative estimate of drug-likeness (QED) is 0.467. The number of nitrogens with zero attached hydrogens (tertiary/aromatic N) is 5. The minimum Gasteiger partial charge on any atom is -0.404 e. The van der Waals surface area contributed by atoms with Gasteiger partial charge in [-0.3, -0.25) is 9.67 Å². The van der Waals surface area contributed by atoms with Crippen LogP contribution in [0.25, 0.3) is 0 Å². The Morgan fingerprint density at radius 3 is 2.69 bits per heavy atom. The Bertz CT molecular complexity index is 811. The molecule has 7 nitrogen and oxygen atoms in total. The normalized spacial score (nSPS) is 16.8. The zero-order chi connectivity index (χ0) is 21.2. The molecule has 0 radical (unpaired) electrons. The Kier molecular flexibility index (Phi) is 8.86. The van der Waals surface area contributed by atoms with Crippen LogP contribution in [0.15, 0.2) is 57.8 Å². The molecule has 0 spiro atoms. The second-order valence-electron chi connectivity index (χ2n) is 7.00. The molecule has 29 heavy (non-hydrogen) atoms. The molecule has 0 atom stereocenters. The maximum absolute atomic E-state index is 8.92. The zero-order valence-corrected chi connectivity index (χ0v) is 18.0. The molecule has 1 aliphatic heterocycles. The molecular formula is C22H34N6O. The van der Waals surface area contributed by atoms with Crippen molar-refractivity contribution in [2.24, 2.45) is 15.7 Å². The number of aromatic nitrogens is 2. The average Bonchev–Trinajstić information content (AvgIpc) is 3.20. The molecule has 0 saturated carbocycles. The van der Waals surface area contributed by atoms with Crippen LogP contribution in [-0.2, 0) is 0 Å². The van der Waals surface area contributed by atoms with E-state index in [1.54, 1.807) is 6.21 Å². The van der Waals surface area contributed by atoms with Crippen LogP contribution >= 0.6 is 0 Å². The van der Waals surface area contributed by atoms with Crippen LogP contribution in [0.4, 0.5) is 0 Å². The average molecular weight is 399 g/mol. The van der Waals surface area contributed by atoms with Gasteiger partial charge in [0.2, 0.25) is 0 Å². The second kappa shape index (κ2) is 11.4. The summed E-state index contributed by atoms with van der Waals surface area (Å²) in [5, 5.41) is 13.5. The summed E-state index contributed by atoms with van der Waals surface area (Å²) < 4.78 is 2.04. The van der Waals surface area contributed by atoms with Crippen LogP contribution in [-0.4, -0.2) is 51.9 Å². The topological polar surface area (TPSA) is 92.0 Å². The minimum absolute atomic E-state index is 0.123. The third kappa shape index (κ3) is 5.67. The van der Waals surface area contributed by atoms with E-state index in [9.17, 15) is 0 Å². The number of aliphatic hydroxyl groups excluding tert-OH is 1. The van der Waals surface area contributed by atoms with E-state index in [1.807, 2.05) is 24.1 Å². The Balaban J connectivity index is 2.42. The molecule has 7 heteroatoms. The van der Waals surface area contributed by atoms with Gasteiger partial charge in [-0.05, 0) is 25.7 Å². The molecule has 3 N–H and O–H groups in total. The summed E-state index contributed by atoms with van der Waals surface area (Å²) in [6.45, 7) is 7.15. The molecule has 0 saturated heterocycles. The van der Waals surface area contributed by atoms with E-state index in [2.05, 4.69) is 48.0 Å². The first-order valence-corrected chi connectivity index (χ1v) is 10.4. The van der Waals surface area contributed by atoms with Crippen LogP contribution in [0.5, 0.6) is 0 Å². The molecule has 0 fully saturated rings. The van der Waals surface area contributed by atoms with Gasteiger partial charge in [0, 0.05) is 56.1 Å². The van der Waals surface area contributed by atoms with Crippen molar-refractivity contribution >= 4 is 11.9 Å². The van der Waals surface area contributed by atoms with Crippen LogP contribution in [0.2, 0.25) is 0 Å². The number of rotatable bonds is 10. The molecule has 2 rings (SSSR count). The van der Waals surface area contributed by atoms with E-state index in [4.69, 9.17) is 15.8 Å². The fourth-order valence-electron chi connectivity index (χ4n) is 3.25. The summed E-state index contributed by atoms with van der Waals surface area (Å²) >= 11 is 0. The number of likely N-dealkylation sites (N-methyl/N-ethyl adjacent to an activating group) is 1. The fourth-order valence-corrected chi connectivity index (χ4v) is 3.25. The van der Waals surface area contributed by atoms with Crippen molar-refractivity contribution in [3.8, 4) is 0 Å². The number of allylic oxidation sites excluding steroid dienone is 3. The third-order valence-corrected chi connectivity index (χ3v) is 4.91. The van der Waals surface area contributed by atoms with E-state index in [-0.39, 0.29) is 6.61 Å². The molecule has 1 aromatic rings. The van der Waals surface area contributed by atoms with E-state index in [0.717, 1.165) is 47.5 Å². The van der Waals surface area contributed by atoms with Gasteiger partial charge in [0.25, 0.3) is 0 Å². The number of nitrogens with two attached hydrogens (primary N) is 1. The van der Waals surface area contributed by atoms with Gasteiger partial charge < -0.3 is 15.7 Å². The SMILES string of the molecule is CC/C=C1/C(c2cnn(C(CC)CC)c2)=NC(C(C=NCCCO)=CN)=CN1C. The van der Waals surface area contributed by atoms with Crippen molar-refractivity contribution in [3.63, 3.8) is 0 Å². The van der Waals surface area contributed by atoms with E-state index < -0.39 is 0 Å². The van der Waals surface area contributed by atoms with Crippen molar-refractivity contribution in [3.05, 3.63) is 53.4 Å². The van der Waals surface area contributed by atoms with Crippen molar-refractivity contribution in [2.45, 2.75) is 52.5 Å². The van der Waals surface area contributed by atoms with Gasteiger partial charge in [-0.1, -0.05) is 26.8 Å². The van der Waals surface area contributed by atoms with Gasteiger partial charge in [0.1, 0.15) is 0 Å². The van der Waals surface area contributed by atoms with Gasteiger partial charge in [0.05, 0.1) is 29.3 Å². The van der Waals surface area contributed by atoms with E-state index in [1.165, 1.54) is 6.20 Å². The predicted octanol–water partition coefficient (Wildman–Crippen LogP) is 3.41. The molecule has 0 amide bonds. The summed E-state index contributed by atoms with van der Waals surface area (Å²) in [4.78, 5) is 11.3. The molecule has 0 unspecified atom stereocenters. The smallest absolute Gasteiger partial charge is 0.0974 e. The maximum Gasteiger partial charge on any atom is 0.0974 e. The zero-order valence-electron chi connectivity index (χ0n) is 18.0. The second-order valence-corrected chi connectivity index (χ2v) is 7.00. The molecular weight excluding hydrogens is 364 g/mol. The summed E-state index contributed by atoms with van der Waals surface area (Å²) in [7, 11) is 2.01. The van der Waals surface area contributed by atoms with Gasteiger partial charge >= 0.3 is 0 Å². The Morgan fingerprint density at radius 2 is 2.07 bits per heavy atom. The molecule has 0 aliphatic carbocycles. The van der Waals surface area contributed by atoms with Crippen molar-refractivity contribution < 1.29 is 5.11 Å².